The average Bonchev–Trinajstić information content (AvgIpc) is 2.44. The monoisotopic (exact) mass is 287 g/mol. The Bertz CT molecular complexity index is 698. The second-order valence-corrected chi connectivity index (χ2v) is 4.63. The minimum absolute atomic E-state index is 0.234. The molecule has 2 rings (SSSR count). The molecular formula is C15H17N3O3. The van der Waals surface area contributed by atoms with Crippen LogP contribution in [0.5, 0.6) is 0 Å². The Morgan fingerprint density at radius 1 is 1.19 bits per heavy atom. The van der Waals surface area contributed by atoms with Crippen LogP contribution < -0.4 is 10.9 Å². The number of nitrogens with one attached hydrogen (secondary N) is 2. The third-order valence-corrected chi connectivity index (χ3v) is 2.89. The molecule has 0 aliphatic rings. The van der Waals surface area contributed by atoms with E-state index < -0.39 is 12.0 Å². The van der Waals surface area contributed by atoms with Crippen molar-refractivity contribution in [1.29, 1.82) is 0 Å². The fourth-order valence-electron chi connectivity index (χ4n) is 2.00. The minimum Gasteiger partial charge on any atom is -0.449 e. The number of hydrogen-bond acceptors (Lipinski definition) is 4. The van der Waals surface area contributed by atoms with Gasteiger partial charge in [-0.25, -0.2) is 10.2 Å². The lowest BCUT2D eigenvalue weighted by molar-refractivity contribution is 0.0914. The SMILES string of the molecule is CCOC(=O)NNC(=O)c1cc(C)nc2ccc(C)cc12. The number of pyridine rings is 1. The number of aromatic nitrogens is 1. The van der Waals surface area contributed by atoms with Gasteiger partial charge in [0.2, 0.25) is 0 Å². The molecule has 0 saturated carbocycles. The summed E-state index contributed by atoms with van der Waals surface area (Å²) in [5, 5.41) is 0.740. The van der Waals surface area contributed by atoms with Crippen molar-refractivity contribution in [3.8, 4) is 0 Å². The average molecular weight is 287 g/mol. The highest BCUT2D eigenvalue weighted by Gasteiger charge is 2.13. The van der Waals surface area contributed by atoms with Gasteiger partial charge in [0.25, 0.3) is 5.91 Å². The molecule has 1 heterocycles. The van der Waals surface area contributed by atoms with Gasteiger partial charge in [0.15, 0.2) is 0 Å². The second-order valence-electron chi connectivity index (χ2n) is 4.63. The van der Waals surface area contributed by atoms with E-state index in [1.807, 2.05) is 32.0 Å². The maximum atomic E-state index is 12.2. The van der Waals surface area contributed by atoms with Gasteiger partial charge in [-0.1, -0.05) is 11.6 Å². The molecule has 0 aliphatic heterocycles. The van der Waals surface area contributed by atoms with Crippen molar-refractivity contribution in [2.45, 2.75) is 20.8 Å². The summed E-state index contributed by atoms with van der Waals surface area (Å²) in [5.41, 5.74) is 7.48. The Hall–Kier alpha value is -2.63. The van der Waals surface area contributed by atoms with E-state index in [9.17, 15) is 9.59 Å². The highest BCUT2D eigenvalue weighted by Crippen LogP contribution is 2.19. The Kier molecular flexibility index (Phi) is 4.37. The number of fused-ring (bicyclic) bond motifs is 1. The first-order chi connectivity index (χ1) is 10.0. The third-order valence-electron chi connectivity index (χ3n) is 2.89. The van der Waals surface area contributed by atoms with Crippen LogP contribution in [0.1, 0.15) is 28.5 Å². The topological polar surface area (TPSA) is 80.3 Å². The van der Waals surface area contributed by atoms with Gasteiger partial charge in [-0.15, -0.1) is 0 Å². The Morgan fingerprint density at radius 3 is 2.67 bits per heavy atom. The Morgan fingerprint density at radius 2 is 1.95 bits per heavy atom. The van der Waals surface area contributed by atoms with Gasteiger partial charge in [-0.05, 0) is 39.0 Å². The molecule has 0 unspecified atom stereocenters. The number of carbonyl (C=O) groups excluding carboxylic acids is 2. The molecular weight excluding hydrogens is 270 g/mol. The summed E-state index contributed by atoms with van der Waals surface area (Å²) in [6.45, 7) is 5.68. The van der Waals surface area contributed by atoms with Crippen molar-refractivity contribution in [2.75, 3.05) is 6.61 Å². The molecule has 0 radical (unpaired) electrons. The summed E-state index contributed by atoms with van der Waals surface area (Å²) in [4.78, 5) is 27.8. The van der Waals surface area contributed by atoms with Crippen molar-refractivity contribution < 1.29 is 14.3 Å². The minimum atomic E-state index is -0.697. The Labute approximate surface area is 122 Å². The molecule has 2 N–H and O–H groups in total. The van der Waals surface area contributed by atoms with Crippen LogP contribution in [-0.2, 0) is 4.74 Å². The summed E-state index contributed by atoms with van der Waals surface area (Å²) in [6, 6.07) is 7.38. The van der Waals surface area contributed by atoms with Gasteiger partial charge < -0.3 is 4.74 Å². The molecule has 2 amide bonds. The van der Waals surface area contributed by atoms with Crippen molar-refractivity contribution in [3.05, 3.63) is 41.1 Å². The van der Waals surface area contributed by atoms with E-state index in [1.165, 1.54) is 0 Å². The normalized spacial score (nSPS) is 10.2. The van der Waals surface area contributed by atoms with Gasteiger partial charge in [-0.3, -0.25) is 15.2 Å². The zero-order valence-corrected chi connectivity index (χ0v) is 12.2. The van der Waals surface area contributed by atoms with E-state index in [0.29, 0.717) is 5.56 Å². The number of ether oxygens (including phenoxy) is 1. The van der Waals surface area contributed by atoms with E-state index in [-0.39, 0.29) is 6.61 Å². The molecule has 21 heavy (non-hydrogen) atoms. The zero-order valence-electron chi connectivity index (χ0n) is 12.2. The summed E-state index contributed by atoms with van der Waals surface area (Å²) < 4.78 is 4.68. The number of benzene rings is 1. The van der Waals surface area contributed by atoms with Gasteiger partial charge in [0.05, 0.1) is 17.7 Å². The highest BCUT2D eigenvalue weighted by atomic mass is 16.5. The van der Waals surface area contributed by atoms with Crippen LogP contribution >= 0.6 is 0 Å². The van der Waals surface area contributed by atoms with E-state index in [1.54, 1.807) is 13.0 Å². The quantitative estimate of drug-likeness (QED) is 0.830. The fourth-order valence-corrected chi connectivity index (χ4v) is 2.00. The number of rotatable bonds is 2. The molecule has 2 aromatic rings. The molecule has 0 bridgehead atoms. The van der Waals surface area contributed by atoms with Crippen molar-refractivity contribution in [3.63, 3.8) is 0 Å². The fraction of sp³-hybridized carbons (Fsp3) is 0.267. The molecule has 0 spiro atoms. The molecule has 0 atom stereocenters. The summed E-state index contributed by atoms with van der Waals surface area (Å²) in [6.07, 6.45) is -0.697. The standard InChI is InChI=1S/C15H17N3O3/c1-4-21-15(20)18-17-14(19)12-8-10(3)16-13-6-5-9(2)7-11(12)13/h5-8H,4H2,1-3H3,(H,17,19)(H,18,20). The van der Waals surface area contributed by atoms with E-state index in [4.69, 9.17) is 0 Å². The summed E-state index contributed by atoms with van der Waals surface area (Å²) in [5.74, 6) is -0.413. The van der Waals surface area contributed by atoms with Crippen molar-refractivity contribution in [2.24, 2.45) is 0 Å². The zero-order chi connectivity index (χ0) is 15.4. The molecule has 0 aliphatic carbocycles. The smallest absolute Gasteiger partial charge is 0.426 e. The van der Waals surface area contributed by atoms with Crippen LogP contribution in [0, 0.1) is 13.8 Å². The van der Waals surface area contributed by atoms with E-state index in [2.05, 4.69) is 20.6 Å². The molecule has 1 aromatic carbocycles. The number of amides is 2. The van der Waals surface area contributed by atoms with Crippen LogP contribution in [-0.4, -0.2) is 23.6 Å². The lowest BCUT2D eigenvalue weighted by Crippen LogP contribution is -2.42. The first-order valence-corrected chi connectivity index (χ1v) is 6.62. The van der Waals surface area contributed by atoms with Crippen LogP contribution in [0.15, 0.2) is 24.3 Å². The lowest BCUT2D eigenvalue weighted by atomic mass is 10.1. The third kappa shape index (κ3) is 3.47. The number of aryl methyl sites for hydroxylation is 2. The van der Waals surface area contributed by atoms with Crippen LogP contribution in [0.25, 0.3) is 10.9 Å². The highest BCUT2D eigenvalue weighted by molar-refractivity contribution is 6.06. The maximum Gasteiger partial charge on any atom is 0.426 e. The lowest BCUT2D eigenvalue weighted by Gasteiger charge is -2.10. The van der Waals surface area contributed by atoms with Gasteiger partial charge >= 0.3 is 6.09 Å². The molecule has 0 fully saturated rings. The van der Waals surface area contributed by atoms with Gasteiger partial charge in [-0.2, -0.15) is 0 Å². The number of hydrazine groups is 1. The van der Waals surface area contributed by atoms with Crippen molar-refractivity contribution >= 4 is 22.9 Å². The molecule has 6 heteroatoms. The molecule has 110 valence electrons. The maximum absolute atomic E-state index is 12.2. The summed E-state index contributed by atoms with van der Waals surface area (Å²) >= 11 is 0. The molecule has 1 aromatic heterocycles. The largest absolute Gasteiger partial charge is 0.449 e. The van der Waals surface area contributed by atoms with Gasteiger partial charge in [0, 0.05) is 11.1 Å². The van der Waals surface area contributed by atoms with Crippen molar-refractivity contribution in [1.82, 2.24) is 15.8 Å². The first kappa shape index (κ1) is 14.8. The summed E-state index contributed by atoms with van der Waals surface area (Å²) in [7, 11) is 0. The molecule has 6 nitrogen and oxygen atoms in total. The number of nitrogens with zero attached hydrogens (tertiary/aromatic N) is 1. The van der Waals surface area contributed by atoms with Crippen LogP contribution in [0.4, 0.5) is 4.79 Å². The predicted octanol–water partition coefficient (Wildman–Crippen LogP) is 2.24. The Balaban J connectivity index is 2.30. The van der Waals surface area contributed by atoms with Crippen LogP contribution in [0.3, 0.4) is 0 Å². The van der Waals surface area contributed by atoms with E-state index >= 15 is 0 Å². The van der Waals surface area contributed by atoms with Crippen LogP contribution in [0.2, 0.25) is 0 Å². The second kappa shape index (κ2) is 6.21. The molecule has 0 saturated heterocycles. The first-order valence-electron chi connectivity index (χ1n) is 6.62. The predicted molar refractivity (Wildman–Crippen MR) is 78.8 cm³/mol. The van der Waals surface area contributed by atoms with E-state index in [0.717, 1.165) is 22.2 Å². The number of hydrogen-bond donors (Lipinski definition) is 2. The number of carbonyl (C=O) groups is 2. The van der Waals surface area contributed by atoms with Gasteiger partial charge in [0.1, 0.15) is 0 Å².